The molecular weight excluding hydrogens is 268 g/mol. The number of para-hydroxylation sites is 1. The van der Waals surface area contributed by atoms with Gasteiger partial charge in [-0.15, -0.1) is 0 Å². The van der Waals surface area contributed by atoms with Gasteiger partial charge in [0.1, 0.15) is 11.8 Å². The fraction of sp³-hybridized carbons (Fsp3) is 0.333. The number of benzene rings is 1. The number of methoxy groups -OCH3 is 1. The fourth-order valence-corrected chi connectivity index (χ4v) is 2.94. The number of hydrogen-bond acceptors (Lipinski definition) is 6. The second kappa shape index (κ2) is 5.47. The molecule has 1 aliphatic rings. The number of nitroso groups, excluding NO2 is 1. The van der Waals surface area contributed by atoms with Crippen molar-refractivity contribution in [1.82, 2.24) is 9.97 Å². The smallest absolute Gasteiger partial charge is 0.220 e. The maximum absolute atomic E-state index is 11.2. The van der Waals surface area contributed by atoms with Gasteiger partial charge >= 0.3 is 0 Å². The van der Waals surface area contributed by atoms with Crippen molar-refractivity contribution >= 4 is 5.95 Å². The van der Waals surface area contributed by atoms with Gasteiger partial charge in [-0.2, -0.15) is 4.91 Å². The van der Waals surface area contributed by atoms with E-state index in [0.717, 1.165) is 22.6 Å². The minimum atomic E-state index is -0.440. The molecule has 6 nitrogen and oxygen atoms in total. The summed E-state index contributed by atoms with van der Waals surface area (Å²) < 4.78 is 5.41. The van der Waals surface area contributed by atoms with Crippen LogP contribution in [0.15, 0.2) is 35.6 Å². The summed E-state index contributed by atoms with van der Waals surface area (Å²) in [5, 5.41) is 3.24. The molecule has 1 heterocycles. The van der Waals surface area contributed by atoms with Crippen molar-refractivity contribution in [3.8, 4) is 5.75 Å². The molecule has 0 aliphatic heterocycles. The van der Waals surface area contributed by atoms with E-state index in [4.69, 9.17) is 10.5 Å². The van der Waals surface area contributed by atoms with Gasteiger partial charge in [0.05, 0.1) is 12.8 Å². The Labute approximate surface area is 122 Å². The monoisotopic (exact) mass is 284 g/mol. The van der Waals surface area contributed by atoms with Crippen LogP contribution in [0, 0.1) is 4.91 Å². The number of hydrogen-bond donors (Lipinski definition) is 1. The Bertz CT molecular complexity index is 674. The van der Waals surface area contributed by atoms with Gasteiger partial charge in [-0.05, 0) is 30.4 Å². The molecule has 2 atom stereocenters. The number of ether oxygens (including phenoxy) is 1. The first-order valence-electron chi connectivity index (χ1n) is 6.79. The van der Waals surface area contributed by atoms with Gasteiger partial charge < -0.3 is 10.5 Å². The molecular formula is C15H16N4O2. The molecule has 2 aromatic rings. The van der Waals surface area contributed by atoms with Gasteiger partial charge in [0.2, 0.25) is 5.95 Å². The topological polar surface area (TPSA) is 90.5 Å². The molecule has 108 valence electrons. The summed E-state index contributed by atoms with van der Waals surface area (Å²) in [6.07, 6.45) is 2.95. The van der Waals surface area contributed by atoms with Crippen LogP contribution in [0.4, 0.5) is 5.95 Å². The highest BCUT2D eigenvalue weighted by Crippen LogP contribution is 2.42. The van der Waals surface area contributed by atoms with Gasteiger partial charge in [-0.25, -0.2) is 9.97 Å². The third-order valence-electron chi connectivity index (χ3n) is 3.93. The zero-order chi connectivity index (χ0) is 14.8. The van der Waals surface area contributed by atoms with Crippen LogP contribution in [0.5, 0.6) is 5.75 Å². The first-order chi connectivity index (χ1) is 10.2. The van der Waals surface area contributed by atoms with Gasteiger partial charge in [-0.1, -0.05) is 23.4 Å². The molecule has 2 N–H and O–H groups in total. The van der Waals surface area contributed by atoms with E-state index in [9.17, 15) is 4.91 Å². The van der Waals surface area contributed by atoms with E-state index in [0.29, 0.717) is 12.8 Å². The number of anilines is 1. The number of nitrogens with zero attached hydrogens (tertiary/aromatic N) is 3. The molecule has 0 spiro atoms. The van der Waals surface area contributed by atoms with Crippen molar-refractivity contribution in [2.75, 3.05) is 12.8 Å². The Morgan fingerprint density at radius 3 is 2.90 bits per heavy atom. The standard InChI is InChI=1S/C15H16N4O2/c1-21-14-5-3-2-4-10(14)9-6-12-11(13(7-9)19-20)8-17-15(16)18-12/h2-5,8-9,13H,6-7H2,1H3,(H2,16,17,18). The normalized spacial score (nSPS) is 20.6. The molecule has 0 bridgehead atoms. The summed E-state index contributed by atoms with van der Waals surface area (Å²) in [7, 11) is 1.64. The highest BCUT2D eigenvalue weighted by molar-refractivity contribution is 5.40. The van der Waals surface area contributed by atoms with Crippen LogP contribution in [0.3, 0.4) is 0 Å². The van der Waals surface area contributed by atoms with Crippen LogP contribution in [0.25, 0.3) is 0 Å². The van der Waals surface area contributed by atoms with Gasteiger partial charge in [-0.3, -0.25) is 0 Å². The van der Waals surface area contributed by atoms with Crippen LogP contribution in [0.2, 0.25) is 0 Å². The Morgan fingerprint density at radius 1 is 1.33 bits per heavy atom. The molecule has 0 radical (unpaired) electrons. The third kappa shape index (κ3) is 2.44. The predicted octanol–water partition coefficient (Wildman–Crippen LogP) is 2.60. The van der Waals surface area contributed by atoms with E-state index in [1.807, 2.05) is 24.3 Å². The van der Waals surface area contributed by atoms with Crippen molar-refractivity contribution < 1.29 is 4.74 Å². The SMILES string of the molecule is COc1ccccc1C1Cc2nc(N)ncc2C(N=O)C1. The lowest BCUT2D eigenvalue weighted by Crippen LogP contribution is -2.19. The zero-order valence-corrected chi connectivity index (χ0v) is 11.7. The zero-order valence-electron chi connectivity index (χ0n) is 11.7. The van der Waals surface area contributed by atoms with Crippen LogP contribution in [0.1, 0.15) is 35.2 Å². The highest BCUT2D eigenvalue weighted by atomic mass is 16.5. The Balaban J connectivity index is 2.02. The van der Waals surface area contributed by atoms with Crippen LogP contribution in [-0.4, -0.2) is 17.1 Å². The summed E-state index contributed by atoms with van der Waals surface area (Å²) in [6.45, 7) is 0. The van der Waals surface area contributed by atoms with E-state index < -0.39 is 6.04 Å². The lowest BCUT2D eigenvalue weighted by atomic mass is 9.80. The third-order valence-corrected chi connectivity index (χ3v) is 3.93. The summed E-state index contributed by atoms with van der Waals surface area (Å²) in [5.41, 5.74) is 8.30. The molecule has 6 heteroatoms. The Kier molecular flexibility index (Phi) is 3.51. The molecule has 3 rings (SSSR count). The van der Waals surface area contributed by atoms with Crippen molar-refractivity contribution in [3.63, 3.8) is 0 Å². The molecule has 0 fully saturated rings. The minimum absolute atomic E-state index is 0.130. The predicted molar refractivity (Wildman–Crippen MR) is 79.0 cm³/mol. The van der Waals surface area contributed by atoms with Crippen LogP contribution >= 0.6 is 0 Å². The van der Waals surface area contributed by atoms with Crippen LogP contribution in [-0.2, 0) is 6.42 Å². The van der Waals surface area contributed by atoms with E-state index in [1.165, 1.54) is 0 Å². The lowest BCUT2D eigenvalue weighted by Gasteiger charge is -2.28. The molecule has 1 aromatic heterocycles. The van der Waals surface area contributed by atoms with Crippen molar-refractivity contribution in [1.29, 1.82) is 0 Å². The molecule has 1 aromatic carbocycles. The average molecular weight is 284 g/mol. The maximum atomic E-state index is 11.2. The molecule has 0 amide bonds. The molecule has 0 saturated heterocycles. The summed E-state index contributed by atoms with van der Waals surface area (Å²) in [4.78, 5) is 19.4. The quantitative estimate of drug-likeness (QED) is 0.875. The first kappa shape index (κ1) is 13.5. The lowest BCUT2D eigenvalue weighted by molar-refractivity contribution is 0.396. The molecule has 0 saturated carbocycles. The Hall–Kier alpha value is -2.50. The summed E-state index contributed by atoms with van der Waals surface area (Å²) in [6, 6.07) is 7.38. The number of fused-ring (bicyclic) bond motifs is 1. The molecule has 21 heavy (non-hydrogen) atoms. The van der Waals surface area contributed by atoms with E-state index >= 15 is 0 Å². The van der Waals surface area contributed by atoms with Gasteiger partial charge in [0.15, 0.2) is 0 Å². The Morgan fingerprint density at radius 2 is 2.14 bits per heavy atom. The van der Waals surface area contributed by atoms with E-state index in [1.54, 1.807) is 13.3 Å². The number of rotatable bonds is 3. The van der Waals surface area contributed by atoms with Crippen LogP contribution < -0.4 is 10.5 Å². The fourth-order valence-electron chi connectivity index (χ4n) is 2.94. The van der Waals surface area contributed by atoms with Gasteiger partial charge in [0.25, 0.3) is 0 Å². The highest BCUT2D eigenvalue weighted by Gasteiger charge is 2.31. The number of aromatic nitrogens is 2. The number of nitrogen functional groups attached to an aromatic ring is 1. The van der Waals surface area contributed by atoms with Crippen molar-refractivity contribution in [2.45, 2.75) is 24.8 Å². The van der Waals surface area contributed by atoms with E-state index in [2.05, 4.69) is 15.1 Å². The second-order valence-corrected chi connectivity index (χ2v) is 5.13. The van der Waals surface area contributed by atoms with Gasteiger partial charge in [0, 0.05) is 11.8 Å². The number of nitrogens with two attached hydrogens (primary N) is 1. The first-order valence-corrected chi connectivity index (χ1v) is 6.79. The van der Waals surface area contributed by atoms with Crippen molar-refractivity contribution in [3.05, 3.63) is 52.2 Å². The second-order valence-electron chi connectivity index (χ2n) is 5.13. The van der Waals surface area contributed by atoms with Crippen molar-refractivity contribution in [2.24, 2.45) is 5.18 Å². The largest absolute Gasteiger partial charge is 0.496 e. The minimum Gasteiger partial charge on any atom is -0.496 e. The average Bonchev–Trinajstić information content (AvgIpc) is 2.53. The van der Waals surface area contributed by atoms with E-state index in [-0.39, 0.29) is 11.9 Å². The molecule has 1 aliphatic carbocycles. The summed E-state index contributed by atoms with van der Waals surface area (Å²) >= 11 is 0. The summed E-state index contributed by atoms with van der Waals surface area (Å²) in [5.74, 6) is 1.17. The molecule has 2 unspecified atom stereocenters. The maximum Gasteiger partial charge on any atom is 0.220 e.